The van der Waals surface area contributed by atoms with Crippen LogP contribution in [0.15, 0.2) is 0 Å². The summed E-state index contributed by atoms with van der Waals surface area (Å²) in [4.78, 5) is 11.4. The Morgan fingerprint density at radius 2 is 1.80 bits per heavy atom. The Hall–Kier alpha value is -0.330. The van der Waals surface area contributed by atoms with Crippen molar-refractivity contribution in [2.75, 3.05) is 0 Å². The van der Waals surface area contributed by atoms with Gasteiger partial charge in [0.15, 0.2) is 0 Å². The van der Waals surface area contributed by atoms with Gasteiger partial charge in [0.2, 0.25) is 0 Å². The van der Waals surface area contributed by atoms with Gasteiger partial charge in [-0.2, -0.15) is 0 Å². The zero-order valence-corrected chi connectivity index (χ0v) is 7.27. The quantitative estimate of drug-likeness (QED) is 0.546. The molecule has 0 radical (unpaired) electrons. The molecule has 0 aromatic rings. The Kier molecular flexibility index (Phi) is 1.61. The molecule has 1 fully saturated rings. The van der Waals surface area contributed by atoms with Gasteiger partial charge in [-0.3, -0.25) is 4.79 Å². The molecule has 1 nitrogen and oxygen atoms in total. The van der Waals surface area contributed by atoms with Crippen LogP contribution in [0.5, 0.6) is 0 Å². The molecular formula is C9H16O. The van der Waals surface area contributed by atoms with Crippen molar-refractivity contribution in [2.24, 2.45) is 17.3 Å². The third kappa shape index (κ3) is 1.39. The van der Waals surface area contributed by atoms with Gasteiger partial charge in [0.05, 0.1) is 0 Å². The van der Waals surface area contributed by atoms with Crippen LogP contribution < -0.4 is 0 Å². The van der Waals surface area contributed by atoms with E-state index in [1.54, 1.807) is 0 Å². The van der Waals surface area contributed by atoms with Crippen LogP contribution in [-0.2, 0) is 4.79 Å². The summed E-state index contributed by atoms with van der Waals surface area (Å²) in [5.74, 6) is 1.49. The predicted molar refractivity (Wildman–Crippen MR) is 41.7 cm³/mol. The van der Waals surface area contributed by atoms with E-state index in [-0.39, 0.29) is 5.41 Å². The second-order valence-electron chi connectivity index (χ2n) is 4.43. The number of ketones is 1. The van der Waals surface area contributed by atoms with Gasteiger partial charge in [0.1, 0.15) is 5.78 Å². The minimum Gasteiger partial charge on any atom is -0.299 e. The van der Waals surface area contributed by atoms with Gasteiger partial charge >= 0.3 is 0 Å². The third-order valence-electron chi connectivity index (χ3n) is 2.19. The summed E-state index contributed by atoms with van der Waals surface area (Å²) in [6.07, 6.45) is 1.12. The average Bonchev–Trinajstić information content (AvgIpc) is 2.42. The number of carbonyl (C=O) groups excluding carboxylic acids is 1. The molecule has 0 saturated heterocycles. The monoisotopic (exact) mass is 140 g/mol. The van der Waals surface area contributed by atoms with Gasteiger partial charge in [-0.25, -0.2) is 0 Å². The second kappa shape index (κ2) is 2.08. The molecule has 2 atom stereocenters. The Morgan fingerprint density at radius 3 is 1.90 bits per heavy atom. The van der Waals surface area contributed by atoms with Crippen molar-refractivity contribution >= 4 is 5.78 Å². The van der Waals surface area contributed by atoms with Gasteiger partial charge < -0.3 is 0 Å². The van der Waals surface area contributed by atoms with E-state index >= 15 is 0 Å². The van der Waals surface area contributed by atoms with Crippen LogP contribution in [0.4, 0.5) is 0 Å². The largest absolute Gasteiger partial charge is 0.299 e. The highest BCUT2D eigenvalue weighted by Crippen LogP contribution is 2.42. The summed E-state index contributed by atoms with van der Waals surface area (Å²) in [6, 6.07) is 0. The lowest BCUT2D eigenvalue weighted by Crippen LogP contribution is -2.22. The Morgan fingerprint density at radius 1 is 1.40 bits per heavy atom. The van der Waals surface area contributed by atoms with Crippen LogP contribution in [0.3, 0.4) is 0 Å². The Bertz CT molecular complexity index is 153. The van der Waals surface area contributed by atoms with E-state index in [9.17, 15) is 4.79 Å². The number of hydrogen-bond donors (Lipinski definition) is 0. The minimum atomic E-state index is -0.116. The van der Waals surface area contributed by atoms with E-state index in [4.69, 9.17) is 0 Å². The fourth-order valence-electron chi connectivity index (χ4n) is 1.24. The van der Waals surface area contributed by atoms with Crippen LogP contribution in [-0.4, -0.2) is 5.78 Å². The van der Waals surface area contributed by atoms with E-state index < -0.39 is 0 Å². The minimum absolute atomic E-state index is 0.116. The molecule has 0 N–H and O–H groups in total. The van der Waals surface area contributed by atoms with Crippen molar-refractivity contribution in [3.63, 3.8) is 0 Å². The summed E-state index contributed by atoms with van der Waals surface area (Å²) >= 11 is 0. The van der Waals surface area contributed by atoms with Gasteiger partial charge in [-0.05, 0) is 12.3 Å². The van der Waals surface area contributed by atoms with Crippen molar-refractivity contribution < 1.29 is 4.79 Å². The molecule has 1 aliphatic rings. The molecule has 0 aromatic carbocycles. The highest BCUT2D eigenvalue weighted by molar-refractivity contribution is 5.88. The van der Waals surface area contributed by atoms with E-state index in [0.717, 1.165) is 6.42 Å². The molecule has 1 aliphatic carbocycles. The lowest BCUT2D eigenvalue weighted by Gasteiger charge is -2.15. The number of rotatable bonds is 1. The summed E-state index contributed by atoms with van der Waals surface area (Å²) in [6.45, 7) is 8.15. The maximum Gasteiger partial charge on any atom is 0.141 e. The first-order chi connectivity index (χ1) is 4.43. The molecule has 0 bridgehead atoms. The van der Waals surface area contributed by atoms with E-state index in [0.29, 0.717) is 17.6 Å². The van der Waals surface area contributed by atoms with Crippen molar-refractivity contribution in [1.82, 2.24) is 0 Å². The first-order valence-corrected chi connectivity index (χ1v) is 3.97. The molecule has 0 aliphatic heterocycles. The fourth-order valence-corrected chi connectivity index (χ4v) is 1.24. The topological polar surface area (TPSA) is 17.1 Å². The van der Waals surface area contributed by atoms with E-state index in [1.165, 1.54) is 0 Å². The average molecular weight is 140 g/mol. The van der Waals surface area contributed by atoms with Crippen molar-refractivity contribution in [3.05, 3.63) is 0 Å². The zero-order valence-electron chi connectivity index (χ0n) is 7.27. The van der Waals surface area contributed by atoms with Gasteiger partial charge in [-0.15, -0.1) is 0 Å². The fraction of sp³-hybridized carbons (Fsp3) is 0.889. The summed E-state index contributed by atoms with van der Waals surface area (Å²) < 4.78 is 0. The first kappa shape index (κ1) is 7.77. The normalized spacial score (nSPS) is 32.0. The summed E-state index contributed by atoms with van der Waals surface area (Å²) in [5, 5.41) is 0. The molecule has 1 saturated carbocycles. The van der Waals surface area contributed by atoms with Crippen molar-refractivity contribution in [3.8, 4) is 0 Å². The highest BCUT2D eigenvalue weighted by atomic mass is 16.1. The Labute approximate surface area is 62.8 Å². The molecular weight excluding hydrogens is 124 g/mol. The maximum absolute atomic E-state index is 11.4. The molecule has 0 aromatic heterocycles. The van der Waals surface area contributed by atoms with Gasteiger partial charge in [0, 0.05) is 11.3 Å². The van der Waals surface area contributed by atoms with Crippen LogP contribution >= 0.6 is 0 Å². The lowest BCUT2D eigenvalue weighted by atomic mass is 9.87. The number of hydrogen-bond acceptors (Lipinski definition) is 1. The second-order valence-corrected chi connectivity index (χ2v) is 4.43. The molecule has 1 heteroatoms. The summed E-state index contributed by atoms with van der Waals surface area (Å²) in [7, 11) is 0. The predicted octanol–water partition coefficient (Wildman–Crippen LogP) is 2.26. The van der Waals surface area contributed by atoms with E-state index in [2.05, 4.69) is 6.92 Å². The molecule has 1 rings (SSSR count). The van der Waals surface area contributed by atoms with Gasteiger partial charge in [0.25, 0.3) is 0 Å². The van der Waals surface area contributed by atoms with Gasteiger partial charge in [-0.1, -0.05) is 27.7 Å². The number of Topliss-reactive ketones (excluding diaryl/α,β-unsaturated/α-hetero) is 1. The molecule has 0 amide bonds. The van der Waals surface area contributed by atoms with Crippen LogP contribution in [0.1, 0.15) is 34.1 Å². The molecule has 10 heavy (non-hydrogen) atoms. The molecule has 2 unspecified atom stereocenters. The van der Waals surface area contributed by atoms with Crippen LogP contribution in [0.25, 0.3) is 0 Å². The van der Waals surface area contributed by atoms with Crippen molar-refractivity contribution in [1.29, 1.82) is 0 Å². The number of carbonyl (C=O) groups is 1. The van der Waals surface area contributed by atoms with E-state index in [1.807, 2.05) is 20.8 Å². The standard InChI is InChI=1S/C9H16O/c1-6-5-7(6)8(10)9(2,3)4/h6-7H,5H2,1-4H3. The van der Waals surface area contributed by atoms with Crippen LogP contribution in [0.2, 0.25) is 0 Å². The maximum atomic E-state index is 11.4. The van der Waals surface area contributed by atoms with Crippen molar-refractivity contribution in [2.45, 2.75) is 34.1 Å². The third-order valence-corrected chi connectivity index (χ3v) is 2.19. The highest BCUT2D eigenvalue weighted by Gasteiger charge is 2.43. The molecule has 0 heterocycles. The summed E-state index contributed by atoms with van der Waals surface area (Å²) in [5.41, 5.74) is -0.116. The Balaban J connectivity index is 2.51. The van der Waals surface area contributed by atoms with Crippen LogP contribution in [0, 0.1) is 17.3 Å². The lowest BCUT2D eigenvalue weighted by molar-refractivity contribution is -0.127. The smallest absolute Gasteiger partial charge is 0.141 e. The SMILES string of the molecule is CC1CC1C(=O)C(C)(C)C. The first-order valence-electron chi connectivity index (χ1n) is 3.97. The molecule has 0 spiro atoms. The zero-order chi connectivity index (χ0) is 7.94. The molecule has 58 valence electrons.